The molecule has 3 heterocycles. The van der Waals surface area contributed by atoms with Gasteiger partial charge in [0.15, 0.2) is 5.58 Å². The first-order chi connectivity index (χ1) is 23.3. The van der Waals surface area contributed by atoms with Crippen molar-refractivity contribution < 1.29 is 4.42 Å². The van der Waals surface area contributed by atoms with Crippen LogP contribution in [0.25, 0.3) is 83.8 Å². The van der Waals surface area contributed by atoms with Crippen LogP contribution in [-0.4, -0.2) is 14.1 Å². The first-order valence-electron chi connectivity index (χ1n) is 16.2. The minimum Gasteiger partial charge on any atom is -0.454 e. The first-order valence-corrected chi connectivity index (χ1v) is 16.2. The molecule has 1 aliphatic rings. The molecule has 6 aromatic carbocycles. The smallest absolute Gasteiger partial charge is 0.159 e. The maximum atomic E-state index is 6.74. The summed E-state index contributed by atoms with van der Waals surface area (Å²) in [6, 6.07) is 49.2. The van der Waals surface area contributed by atoms with Gasteiger partial charge in [0.05, 0.1) is 22.2 Å². The Morgan fingerprint density at radius 2 is 1.34 bits per heavy atom. The van der Waals surface area contributed by atoms with Crippen LogP contribution in [-0.2, 0) is 6.42 Å². The number of hydrogen-bond acceptors (Lipinski definition) is 2. The Morgan fingerprint density at radius 3 is 2.23 bits per heavy atom. The van der Waals surface area contributed by atoms with Crippen LogP contribution in [0.1, 0.15) is 17.7 Å². The fourth-order valence-electron chi connectivity index (χ4n) is 7.55. The number of benzene rings is 6. The predicted octanol–water partition coefficient (Wildman–Crippen LogP) is 11.2. The lowest BCUT2D eigenvalue weighted by Gasteiger charge is -2.12. The number of hydrogen-bond donors (Lipinski definition) is 0. The second-order valence-corrected chi connectivity index (χ2v) is 12.3. The number of imidazole rings is 1. The molecule has 0 N–H and O–H groups in total. The molecule has 3 aromatic heterocycles. The Labute approximate surface area is 271 Å². The van der Waals surface area contributed by atoms with E-state index < -0.39 is 0 Å². The Hall–Kier alpha value is -6.13. The number of fused-ring (bicyclic) bond motifs is 7. The first kappa shape index (κ1) is 26.1. The zero-order chi connectivity index (χ0) is 30.9. The Morgan fingerprint density at radius 1 is 0.596 bits per heavy atom. The van der Waals surface area contributed by atoms with Gasteiger partial charge in [-0.2, -0.15) is 0 Å². The molecule has 0 aliphatic heterocycles. The minimum absolute atomic E-state index is 0.890. The Bertz CT molecular complexity index is 2670. The highest BCUT2D eigenvalue weighted by atomic mass is 16.3. The number of aromatic nitrogens is 3. The second kappa shape index (κ2) is 10.2. The van der Waals surface area contributed by atoms with E-state index in [4.69, 9.17) is 9.40 Å². The summed E-state index contributed by atoms with van der Waals surface area (Å²) in [5.74, 6) is 0.928. The second-order valence-electron chi connectivity index (χ2n) is 12.3. The molecule has 4 nitrogen and oxygen atoms in total. The summed E-state index contributed by atoms with van der Waals surface area (Å²) < 4.78 is 11.4. The molecule has 10 rings (SSSR count). The van der Waals surface area contributed by atoms with Crippen LogP contribution in [0.3, 0.4) is 0 Å². The lowest BCUT2D eigenvalue weighted by atomic mass is 9.98. The average molecular weight is 604 g/mol. The van der Waals surface area contributed by atoms with E-state index in [1.165, 1.54) is 22.2 Å². The van der Waals surface area contributed by atoms with Crippen molar-refractivity contribution >= 4 is 50.0 Å². The summed E-state index contributed by atoms with van der Waals surface area (Å²) in [4.78, 5) is 5.07. The highest BCUT2D eigenvalue weighted by molar-refractivity contribution is 6.14. The third-order valence-corrected chi connectivity index (χ3v) is 9.63. The summed E-state index contributed by atoms with van der Waals surface area (Å²) in [6.07, 6.45) is 6.69. The third-order valence-electron chi connectivity index (χ3n) is 9.63. The van der Waals surface area contributed by atoms with E-state index in [0.29, 0.717) is 0 Å². The zero-order valence-corrected chi connectivity index (χ0v) is 25.6. The maximum absolute atomic E-state index is 6.74. The van der Waals surface area contributed by atoms with Gasteiger partial charge in [-0.15, -0.1) is 0 Å². The van der Waals surface area contributed by atoms with Gasteiger partial charge in [-0.1, -0.05) is 103 Å². The molecule has 4 heteroatoms. The number of allylic oxidation sites excluding steroid dienone is 1. The fraction of sp³-hybridized carbons (Fsp3) is 0.0465. The molecule has 1 aliphatic carbocycles. The summed E-state index contributed by atoms with van der Waals surface area (Å²) in [5.41, 5.74) is 13.3. The molecule has 0 spiro atoms. The summed E-state index contributed by atoms with van der Waals surface area (Å²) in [6.45, 7) is 0. The van der Waals surface area contributed by atoms with Crippen LogP contribution in [0.5, 0.6) is 0 Å². The maximum Gasteiger partial charge on any atom is 0.159 e. The highest BCUT2D eigenvalue weighted by Crippen LogP contribution is 2.42. The molecule has 9 aromatic rings. The molecular formula is C43H29N3O. The molecule has 0 bridgehead atoms. The van der Waals surface area contributed by atoms with Crippen molar-refractivity contribution in [3.8, 4) is 33.9 Å². The molecule has 0 saturated heterocycles. The van der Waals surface area contributed by atoms with Gasteiger partial charge in [-0.3, -0.25) is 4.57 Å². The molecule has 0 atom stereocenters. The van der Waals surface area contributed by atoms with Gasteiger partial charge in [0.1, 0.15) is 11.4 Å². The Balaban J connectivity index is 1.13. The van der Waals surface area contributed by atoms with Crippen molar-refractivity contribution in [2.75, 3.05) is 0 Å². The van der Waals surface area contributed by atoms with Crippen LogP contribution >= 0.6 is 0 Å². The van der Waals surface area contributed by atoms with Crippen LogP contribution in [0.15, 0.2) is 150 Å². The summed E-state index contributed by atoms with van der Waals surface area (Å²) in [7, 11) is 0. The SMILES string of the molecule is C1=Cc2c(c3ccccc3n2-c2cccc3c2oc2cccc(-c4ccc(-c5nc6ccccc6n5-c5ccccc5)cc4)c23)CC1. The van der Waals surface area contributed by atoms with Crippen molar-refractivity contribution in [1.29, 1.82) is 0 Å². The average Bonchev–Trinajstić information content (AvgIpc) is 3.82. The number of nitrogens with zero attached hydrogens (tertiary/aromatic N) is 3. The van der Waals surface area contributed by atoms with Crippen molar-refractivity contribution in [2.24, 2.45) is 0 Å². The van der Waals surface area contributed by atoms with Gasteiger partial charge in [0, 0.05) is 33.1 Å². The number of para-hydroxylation sites is 5. The third kappa shape index (κ3) is 3.91. The Kier molecular flexibility index (Phi) is 5.67. The van der Waals surface area contributed by atoms with Crippen LogP contribution in [0.2, 0.25) is 0 Å². The van der Waals surface area contributed by atoms with Crippen molar-refractivity contribution in [2.45, 2.75) is 12.8 Å². The van der Waals surface area contributed by atoms with E-state index in [1.54, 1.807) is 0 Å². The van der Waals surface area contributed by atoms with E-state index >= 15 is 0 Å². The van der Waals surface area contributed by atoms with Gasteiger partial charge >= 0.3 is 0 Å². The number of furan rings is 1. The molecule has 47 heavy (non-hydrogen) atoms. The van der Waals surface area contributed by atoms with Gasteiger partial charge in [0.2, 0.25) is 0 Å². The molecule has 0 unspecified atom stereocenters. The number of rotatable bonds is 4. The zero-order valence-electron chi connectivity index (χ0n) is 25.6. The van der Waals surface area contributed by atoms with E-state index in [1.807, 2.05) is 12.1 Å². The lowest BCUT2D eigenvalue weighted by Crippen LogP contribution is -2.00. The van der Waals surface area contributed by atoms with Crippen molar-refractivity contribution in [3.63, 3.8) is 0 Å². The quantitative estimate of drug-likeness (QED) is 0.201. The topological polar surface area (TPSA) is 35.9 Å². The molecule has 222 valence electrons. The minimum atomic E-state index is 0.890. The van der Waals surface area contributed by atoms with Crippen LogP contribution in [0.4, 0.5) is 0 Å². The monoisotopic (exact) mass is 603 g/mol. The fourth-order valence-corrected chi connectivity index (χ4v) is 7.55. The van der Waals surface area contributed by atoms with Crippen LogP contribution < -0.4 is 0 Å². The van der Waals surface area contributed by atoms with E-state index in [9.17, 15) is 0 Å². The van der Waals surface area contributed by atoms with E-state index in [2.05, 4.69) is 149 Å². The van der Waals surface area contributed by atoms with Gasteiger partial charge in [0.25, 0.3) is 0 Å². The summed E-state index contributed by atoms with van der Waals surface area (Å²) >= 11 is 0. The molecule has 0 radical (unpaired) electrons. The van der Waals surface area contributed by atoms with E-state index in [-0.39, 0.29) is 0 Å². The standard InChI is InChI=1S/C43H29N3O/c1-2-12-30(13-3-1)45-38-21-9-6-18-35(38)44-43(45)29-26-24-28(25-27-29)31-16-11-23-40-41(31)34-17-10-22-39(42(34)47-40)46-36-19-7-4-14-32(36)33-15-5-8-20-37(33)46/h1-4,6-14,16-27H,5,15H2. The molecule has 0 amide bonds. The number of aryl methyl sites for hydroxylation is 1. The van der Waals surface area contributed by atoms with Crippen LogP contribution in [0, 0.1) is 0 Å². The van der Waals surface area contributed by atoms with Gasteiger partial charge < -0.3 is 8.98 Å². The summed E-state index contributed by atoms with van der Waals surface area (Å²) in [5, 5.41) is 3.57. The highest BCUT2D eigenvalue weighted by Gasteiger charge is 2.22. The lowest BCUT2D eigenvalue weighted by molar-refractivity contribution is 0.665. The predicted molar refractivity (Wildman–Crippen MR) is 193 cm³/mol. The molecule has 0 fully saturated rings. The molecule has 0 saturated carbocycles. The molecular weight excluding hydrogens is 574 g/mol. The van der Waals surface area contributed by atoms with Gasteiger partial charge in [-0.05, 0) is 78.1 Å². The largest absolute Gasteiger partial charge is 0.454 e. The normalized spacial score (nSPS) is 12.9. The van der Waals surface area contributed by atoms with Crippen molar-refractivity contribution in [3.05, 3.63) is 157 Å². The van der Waals surface area contributed by atoms with E-state index in [0.717, 1.165) is 79.7 Å². The van der Waals surface area contributed by atoms with Gasteiger partial charge in [-0.25, -0.2) is 4.98 Å². The van der Waals surface area contributed by atoms with Crippen molar-refractivity contribution in [1.82, 2.24) is 14.1 Å².